The maximum absolute atomic E-state index is 12.9. The van der Waals surface area contributed by atoms with Crippen molar-refractivity contribution in [1.82, 2.24) is 29.7 Å². The third-order valence-corrected chi connectivity index (χ3v) is 9.59. The fourth-order valence-electron chi connectivity index (χ4n) is 7.36. The molecule has 5 heterocycles. The Morgan fingerprint density at radius 2 is 1.06 bits per heavy atom. The number of anilines is 2. The minimum Gasteiger partial charge on any atom is -0.444 e. The second kappa shape index (κ2) is 12.8. The third kappa shape index (κ3) is 7.14. The average Bonchev–Trinajstić information content (AvgIpc) is 3.82. The molecule has 2 aromatic heterocycles. The van der Waals surface area contributed by atoms with E-state index in [-0.39, 0.29) is 24.3 Å². The van der Waals surface area contributed by atoms with Gasteiger partial charge in [-0.05, 0) is 110 Å². The molecule has 0 spiro atoms. The molecular formula is C37H50N8O4. The number of likely N-dealkylation sites (tertiary alicyclic amines) is 2. The number of carbonyl (C=O) groups is 2. The SMILES string of the molecule is CC(C)(C)OC(=O)N1CCC[C@H]1c1nc2ccc(N3CCCN(c4ccc5nc([C@@H]6CCCN6C(=O)OC(C)(C)C)[nH]c5c4)CC3)cc2[nH]1. The Balaban J connectivity index is 1.02. The first-order chi connectivity index (χ1) is 23.3. The first-order valence-corrected chi connectivity index (χ1v) is 17.8. The lowest BCUT2D eigenvalue weighted by atomic mass is 10.2. The monoisotopic (exact) mass is 670 g/mol. The standard InChI is InChI=1S/C37H50N8O4/c1-36(2,3)48-34(46)44-18-7-10-30(44)32-38-26-14-12-24(22-28(26)40-32)42-16-9-17-43(21-20-42)25-13-15-27-29(23-25)41-33(39-27)31-11-8-19-45(31)35(47)49-37(4,5)6/h12-15,22-23,30-31H,7-11,16-21H2,1-6H3,(H,38,40)(H,39,41)/t30-,31-/m0/s1. The zero-order valence-corrected chi connectivity index (χ0v) is 29.7. The van der Waals surface area contributed by atoms with E-state index >= 15 is 0 Å². The van der Waals surface area contributed by atoms with E-state index in [1.807, 2.05) is 51.3 Å². The van der Waals surface area contributed by atoms with E-state index < -0.39 is 11.2 Å². The second-order valence-electron chi connectivity index (χ2n) is 15.6. The molecule has 2 aromatic carbocycles. The number of H-pyrrole nitrogens is 2. The number of nitrogens with one attached hydrogen (secondary N) is 2. The number of fused-ring (bicyclic) bond motifs is 2. The number of amides is 2. The number of aromatic amines is 2. The zero-order valence-electron chi connectivity index (χ0n) is 29.7. The number of hydrogen-bond acceptors (Lipinski definition) is 8. The average molecular weight is 671 g/mol. The Morgan fingerprint density at radius 1 is 0.633 bits per heavy atom. The van der Waals surface area contributed by atoms with Gasteiger partial charge >= 0.3 is 12.2 Å². The Kier molecular flexibility index (Phi) is 8.60. The molecule has 2 amide bonds. The van der Waals surface area contributed by atoms with Crippen LogP contribution >= 0.6 is 0 Å². The molecule has 3 aliphatic heterocycles. The summed E-state index contributed by atoms with van der Waals surface area (Å²) < 4.78 is 11.4. The number of hydrogen-bond donors (Lipinski definition) is 2. The van der Waals surface area contributed by atoms with Gasteiger partial charge in [0.2, 0.25) is 0 Å². The summed E-state index contributed by atoms with van der Waals surface area (Å²) in [7, 11) is 0. The summed E-state index contributed by atoms with van der Waals surface area (Å²) in [6.45, 7) is 16.4. The number of benzene rings is 2. The molecular weight excluding hydrogens is 620 g/mol. The lowest BCUT2D eigenvalue weighted by Gasteiger charge is -2.27. The van der Waals surface area contributed by atoms with Gasteiger partial charge in [-0.2, -0.15) is 0 Å². The number of ether oxygens (including phenoxy) is 2. The molecule has 3 saturated heterocycles. The van der Waals surface area contributed by atoms with E-state index in [1.165, 1.54) is 11.4 Å². The molecule has 2 atom stereocenters. The lowest BCUT2D eigenvalue weighted by molar-refractivity contribution is 0.0208. The molecule has 2 N–H and O–H groups in total. The molecule has 0 bridgehead atoms. The molecule has 3 fully saturated rings. The van der Waals surface area contributed by atoms with Crippen molar-refractivity contribution in [3.63, 3.8) is 0 Å². The van der Waals surface area contributed by atoms with Crippen molar-refractivity contribution in [2.75, 3.05) is 49.1 Å². The minimum absolute atomic E-state index is 0.109. The highest BCUT2D eigenvalue weighted by Gasteiger charge is 2.36. The molecule has 0 unspecified atom stereocenters. The fraction of sp³-hybridized carbons (Fsp3) is 0.568. The van der Waals surface area contributed by atoms with Gasteiger partial charge in [0.05, 0.1) is 34.2 Å². The number of carbonyl (C=O) groups excluding carboxylic acids is 2. The first kappa shape index (κ1) is 33.0. The maximum Gasteiger partial charge on any atom is 0.410 e. The Bertz CT molecular complexity index is 1700. The normalized spacial score (nSPS) is 20.8. The number of nitrogens with zero attached hydrogens (tertiary/aromatic N) is 6. The van der Waals surface area contributed by atoms with Crippen LogP contribution in [-0.2, 0) is 9.47 Å². The van der Waals surface area contributed by atoms with Crippen molar-refractivity contribution in [1.29, 1.82) is 0 Å². The van der Waals surface area contributed by atoms with E-state index in [0.717, 1.165) is 92.0 Å². The predicted octanol–water partition coefficient (Wildman–Crippen LogP) is 7.30. The van der Waals surface area contributed by atoms with Gasteiger partial charge in [-0.1, -0.05) is 0 Å². The van der Waals surface area contributed by atoms with Crippen LogP contribution in [0.5, 0.6) is 0 Å². The second-order valence-corrected chi connectivity index (χ2v) is 15.6. The van der Waals surface area contributed by atoms with Crippen LogP contribution in [0, 0.1) is 0 Å². The summed E-state index contributed by atoms with van der Waals surface area (Å²) in [5.41, 5.74) is 5.05. The molecule has 3 aliphatic rings. The quantitative estimate of drug-likeness (QED) is 0.232. The molecule has 49 heavy (non-hydrogen) atoms. The molecule has 0 radical (unpaired) electrons. The van der Waals surface area contributed by atoms with Crippen LogP contribution in [0.1, 0.15) is 97.4 Å². The van der Waals surface area contributed by atoms with Crippen LogP contribution in [0.3, 0.4) is 0 Å². The van der Waals surface area contributed by atoms with Crippen LogP contribution in [0.4, 0.5) is 21.0 Å². The summed E-state index contributed by atoms with van der Waals surface area (Å²) >= 11 is 0. The Labute approximate surface area is 288 Å². The van der Waals surface area contributed by atoms with Gasteiger partial charge in [-0.15, -0.1) is 0 Å². The fourth-order valence-corrected chi connectivity index (χ4v) is 7.36. The van der Waals surface area contributed by atoms with E-state index in [9.17, 15) is 9.59 Å². The van der Waals surface area contributed by atoms with E-state index in [0.29, 0.717) is 13.1 Å². The van der Waals surface area contributed by atoms with E-state index in [4.69, 9.17) is 19.4 Å². The van der Waals surface area contributed by atoms with Gasteiger partial charge < -0.3 is 29.2 Å². The topological polar surface area (TPSA) is 123 Å². The molecule has 0 aliphatic carbocycles. The maximum atomic E-state index is 12.9. The van der Waals surface area contributed by atoms with Gasteiger partial charge in [-0.3, -0.25) is 9.80 Å². The summed E-state index contributed by atoms with van der Waals surface area (Å²) in [4.78, 5) is 51.2. The zero-order chi connectivity index (χ0) is 34.5. The highest BCUT2D eigenvalue weighted by molar-refractivity contribution is 5.81. The van der Waals surface area contributed by atoms with E-state index in [1.54, 1.807) is 0 Å². The van der Waals surface area contributed by atoms with E-state index in [2.05, 4.69) is 56.2 Å². The molecule has 12 heteroatoms. The Hall–Kier alpha value is -4.48. The van der Waals surface area contributed by atoms with Crippen molar-refractivity contribution >= 4 is 45.6 Å². The first-order valence-electron chi connectivity index (χ1n) is 17.8. The van der Waals surface area contributed by atoms with Crippen molar-refractivity contribution in [3.8, 4) is 0 Å². The van der Waals surface area contributed by atoms with Crippen molar-refractivity contribution in [3.05, 3.63) is 48.0 Å². The molecule has 12 nitrogen and oxygen atoms in total. The van der Waals surface area contributed by atoms with Crippen molar-refractivity contribution in [2.45, 2.75) is 96.9 Å². The van der Waals surface area contributed by atoms with Crippen molar-refractivity contribution in [2.24, 2.45) is 0 Å². The van der Waals surface area contributed by atoms with Gasteiger partial charge in [0.15, 0.2) is 0 Å². The summed E-state index contributed by atoms with van der Waals surface area (Å²) in [5.74, 6) is 1.64. The predicted molar refractivity (Wildman–Crippen MR) is 191 cm³/mol. The molecule has 262 valence electrons. The minimum atomic E-state index is -0.534. The third-order valence-electron chi connectivity index (χ3n) is 9.59. The number of imidazole rings is 2. The summed E-state index contributed by atoms with van der Waals surface area (Å²) in [5, 5.41) is 0. The van der Waals surface area contributed by atoms with Crippen LogP contribution < -0.4 is 9.80 Å². The smallest absolute Gasteiger partial charge is 0.410 e. The Morgan fingerprint density at radius 3 is 1.47 bits per heavy atom. The van der Waals surface area contributed by atoms with Crippen LogP contribution in [0.2, 0.25) is 0 Å². The van der Waals surface area contributed by atoms with Gasteiger partial charge in [0.25, 0.3) is 0 Å². The highest BCUT2D eigenvalue weighted by atomic mass is 16.6. The van der Waals surface area contributed by atoms with Crippen LogP contribution in [-0.4, -0.2) is 92.4 Å². The summed E-state index contributed by atoms with van der Waals surface area (Å²) in [6.07, 6.45) is 4.05. The lowest BCUT2D eigenvalue weighted by Crippen LogP contribution is -2.36. The van der Waals surface area contributed by atoms with Crippen molar-refractivity contribution < 1.29 is 19.1 Å². The number of rotatable bonds is 4. The van der Waals surface area contributed by atoms with Gasteiger partial charge in [0.1, 0.15) is 22.9 Å². The number of aromatic nitrogens is 4. The molecule has 7 rings (SSSR count). The highest BCUT2D eigenvalue weighted by Crippen LogP contribution is 2.35. The molecule has 4 aromatic rings. The van der Waals surface area contributed by atoms with Crippen LogP contribution in [0.25, 0.3) is 22.1 Å². The molecule has 0 saturated carbocycles. The van der Waals surface area contributed by atoms with Gasteiger partial charge in [-0.25, -0.2) is 19.6 Å². The largest absolute Gasteiger partial charge is 0.444 e. The van der Waals surface area contributed by atoms with Crippen LogP contribution in [0.15, 0.2) is 36.4 Å². The summed E-state index contributed by atoms with van der Waals surface area (Å²) in [6, 6.07) is 12.6. The van der Waals surface area contributed by atoms with Gasteiger partial charge in [0, 0.05) is 50.6 Å².